The molecule has 2 rings (SSSR count). The fourth-order valence-electron chi connectivity index (χ4n) is 1.90. The highest BCUT2D eigenvalue weighted by atomic mass is 35.5. The van der Waals surface area contributed by atoms with Crippen LogP contribution in [0.1, 0.15) is 15.9 Å². The van der Waals surface area contributed by atoms with Crippen LogP contribution in [-0.2, 0) is 20.9 Å². The number of pyridine rings is 1. The third kappa shape index (κ3) is 7.24. The van der Waals surface area contributed by atoms with E-state index in [2.05, 4.69) is 15.0 Å². The topological polar surface area (TPSA) is 77.5 Å². The number of ether oxygens (including phenoxy) is 2. The van der Waals surface area contributed by atoms with Gasteiger partial charge in [0.05, 0.1) is 17.9 Å². The summed E-state index contributed by atoms with van der Waals surface area (Å²) in [4.78, 5) is 27.5. The van der Waals surface area contributed by atoms with E-state index in [-0.39, 0.29) is 23.0 Å². The van der Waals surface area contributed by atoms with Gasteiger partial charge in [-0.25, -0.2) is 9.78 Å². The summed E-state index contributed by atoms with van der Waals surface area (Å²) in [5, 5.41) is 2.54. The molecule has 0 fully saturated rings. The number of esters is 1. The number of nitrogens with one attached hydrogen (secondary N) is 1. The molecule has 6 nitrogen and oxygen atoms in total. The van der Waals surface area contributed by atoms with Crippen molar-refractivity contribution in [3.05, 3.63) is 58.9 Å². The first kappa shape index (κ1) is 20.7. The van der Waals surface area contributed by atoms with Crippen LogP contribution in [0.4, 0.5) is 18.9 Å². The van der Waals surface area contributed by atoms with Gasteiger partial charge in [0.25, 0.3) is 5.91 Å². The van der Waals surface area contributed by atoms with Gasteiger partial charge in [0.2, 0.25) is 0 Å². The number of aromatic nitrogens is 1. The van der Waals surface area contributed by atoms with Crippen LogP contribution in [-0.4, -0.2) is 36.3 Å². The van der Waals surface area contributed by atoms with Crippen molar-refractivity contribution in [1.29, 1.82) is 0 Å². The molecule has 1 aromatic heterocycles. The first-order chi connectivity index (χ1) is 12.7. The quantitative estimate of drug-likeness (QED) is 0.565. The first-order valence-electron chi connectivity index (χ1n) is 7.55. The Morgan fingerprint density at radius 1 is 1.15 bits per heavy atom. The molecule has 0 aliphatic rings. The lowest BCUT2D eigenvalue weighted by molar-refractivity contribution is -0.176. The van der Waals surface area contributed by atoms with Gasteiger partial charge >= 0.3 is 12.1 Å². The Balaban J connectivity index is 1.80. The second-order valence-electron chi connectivity index (χ2n) is 5.27. The van der Waals surface area contributed by atoms with Gasteiger partial charge in [-0.05, 0) is 29.8 Å². The van der Waals surface area contributed by atoms with E-state index in [1.807, 2.05) is 0 Å². The number of amides is 1. The highest BCUT2D eigenvalue weighted by molar-refractivity contribution is 6.32. The second-order valence-corrected chi connectivity index (χ2v) is 5.63. The molecule has 0 bridgehead atoms. The fraction of sp³-hybridized carbons (Fsp3) is 0.235. The highest BCUT2D eigenvalue weighted by Crippen LogP contribution is 2.17. The minimum Gasteiger partial charge on any atom is -0.452 e. The zero-order valence-corrected chi connectivity index (χ0v) is 14.5. The SMILES string of the molecule is O=C(COC(=O)c1ccc(COCC(F)(F)F)cc1)Nc1cccnc1Cl. The molecule has 10 heteroatoms. The molecule has 1 amide bonds. The molecule has 1 heterocycles. The highest BCUT2D eigenvalue weighted by Gasteiger charge is 2.27. The van der Waals surface area contributed by atoms with Crippen LogP contribution < -0.4 is 5.32 Å². The molecule has 1 N–H and O–H groups in total. The predicted molar refractivity (Wildman–Crippen MR) is 90.3 cm³/mol. The third-order valence-corrected chi connectivity index (χ3v) is 3.39. The van der Waals surface area contributed by atoms with Crippen molar-refractivity contribution in [2.24, 2.45) is 0 Å². The maximum Gasteiger partial charge on any atom is 0.411 e. The molecule has 0 radical (unpaired) electrons. The molecule has 0 spiro atoms. The summed E-state index contributed by atoms with van der Waals surface area (Å²) in [5.41, 5.74) is 0.880. The van der Waals surface area contributed by atoms with Crippen molar-refractivity contribution >= 4 is 29.2 Å². The van der Waals surface area contributed by atoms with E-state index >= 15 is 0 Å². The molecule has 2 aromatic rings. The Morgan fingerprint density at radius 2 is 1.85 bits per heavy atom. The molecule has 0 unspecified atom stereocenters. The number of alkyl halides is 3. The van der Waals surface area contributed by atoms with E-state index in [4.69, 9.17) is 16.3 Å². The normalized spacial score (nSPS) is 11.1. The summed E-state index contributed by atoms with van der Waals surface area (Å²) in [6, 6.07) is 8.71. The number of benzene rings is 1. The van der Waals surface area contributed by atoms with Crippen LogP contribution in [0, 0.1) is 0 Å². The molecule has 0 saturated carbocycles. The van der Waals surface area contributed by atoms with Gasteiger partial charge < -0.3 is 14.8 Å². The van der Waals surface area contributed by atoms with Crippen LogP contribution in [0.2, 0.25) is 5.15 Å². The number of hydrogen-bond donors (Lipinski definition) is 1. The first-order valence-corrected chi connectivity index (χ1v) is 7.93. The largest absolute Gasteiger partial charge is 0.452 e. The van der Waals surface area contributed by atoms with Gasteiger partial charge in [-0.2, -0.15) is 13.2 Å². The lowest BCUT2D eigenvalue weighted by Gasteiger charge is -2.09. The molecule has 0 aliphatic heterocycles. The minimum absolute atomic E-state index is 0.0977. The van der Waals surface area contributed by atoms with Crippen molar-refractivity contribution in [3.8, 4) is 0 Å². The molecule has 0 aliphatic carbocycles. The van der Waals surface area contributed by atoms with Crippen LogP contribution in [0.15, 0.2) is 42.6 Å². The molecular formula is C17H14ClF3N2O4. The second kappa shape index (κ2) is 9.33. The predicted octanol–water partition coefficient (Wildman–Crippen LogP) is 3.61. The van der Waals surface area contributed by atoms with Crippen molar-refractivity contribution in [3.63, 3.8) is 0 Å². The van der Waals surface area contributed by atoms with E-state index in [0.717, 1.165) is 0 Å². The zero-order valence-electron chi connectivity index (χ0n) is 13.8. The van der Waals surface area contributed by atoms with Crippen LogP contribution >= 0.6 is 11.6 Å². The van der Waals surface area contributed by atoms with Gasteiger partial charge in [-0.3, -0.25) is 4.79 Å². The molecule has 27 heavy (non-hydrogen) atoms. The number of hydrogen-bond acceptors (Lipinski definition) is 5. The maximum absolute atomic E-state index is 12.0. The van der Waals surface area contributed by atoms with E-state index in [0.29, 0.717) is 5.56 Å². The Bertz CT molecular complexity index is 798. The lowest BCUT2D eigenvalue weighted by Crippen LogP contribution is -2.21. The summed E-state index contributed by atoms with van der Waals surface area (Å²) in [6.45, 7) is -2.14. The number of halogens is 4. The standard InChI is InChI=1S/C17H14ClF3N2O4/c18-15-13(2-1-7-22-15)23-14(24)9-27-16(25)12-5-3-11(4-6-12)8-26-10-17(19,20)21/h1-7H,8-10H2,(H,23,24). The minimum atomic E-state index is -4.40. The average Bonchev–Trinajstić information content (AvgIpc) is 2.61. The molecule has 144 valence electrons. The van der Waals surface area contributed by atoms with Crippen molar-refractivity contribution in [2.75, 3.05) is 18.5 Å². The van der Waals surface area contributed by atoms with E-state index < -0.39 is 31.3 Å². The van der Waals surface area contributed by atoms with E-state index in [1.165, 1.54) is 36.5 Å². The van der Waals surface area contributed by atoms with Gasteiger partial charge in [0, 0.05) is 6.20 Å². The number of nitrogens with zero attached hydrogens (tertiary/aromatic N) is 1. The Labute approximate surface area is 157 Å². The van der Waals surface area contributed by atoms with Gasteiger partial charge in [0.15, 0.2) is 11.8 Å². The van der Waals surface area contributed by atoms with Gasteiger partial charge in [-0.1, -0.05) is 23.7 Å². The van der Waals surface area contributed by atoms with Crippen LogP contribution in [0.3, 0.4) is 0 Å². The third-order valence-electron chi connectivity index (χ3n) is 3.09. The summed E-state index contributed by atoms with van der Waals surface area (Å²) < 4.78 is 45.4. The number of rotatable bonds is 7. The zero-order chi connectivity index (χ0) is 19.9. The van der Waals surface area contributed by atoms with Gasteiger partial charge in [0.1, 0.15) is 6.61 Å². The monoisotopic (exact) mass is 402 g/mol. The van der Waals surface area contributed by atoms with E-state index in [9.17, 15) is 22.8 Å². The molecular weight excluding hydrogens is 389 g/mol. The van der Waals surface area contributed by atoms with Crippen molar-refractivity contribution < 1.29 is 32.2 Å². The van der Waals surface area contributed by atoms with Gasteiger partial charge in [-0.15, -0.1) is 0 Å². The summed E-state index contributed by atoms with van der Waals surface area (Å²) in [7, 11) is 0. The molecule has 0 atom stereocenters. The lowest BCUT2D eigenvalue weighted by atomic mass is 10.1. The number of carbonyl (C=O) groups excluding carboxylic acids is 2. The Morgan fingerprint density at radius 3 is 2.48 bits per heavy atom. The fourth-order valence-corrected chi connectivity index (χ4v) is 2.07. The Kier molecular flexibility index (Phi) is 7.14. The number of carbonyl (C=O) groups is 2. The smallest absolute Gasteiger partial charge is 0.411 e. The molecule has 1 aromatic carbocycles. The number of anilines is 1. The summed E-state index contributed by atoms with van der Waals surface area (Å²) in [6.07, 6.45) is -2.94. The summed E-state index contributed by atoms with van der Waals surface area (Å²) >= 11 is 5.80. The maximum atomic E-state index is 12.0. The molecule has 0 saturated heterocycles. The van der Waals surface area contributed by atoms with Crippen LogP contribution in [0.5, 0.6) is 0 Å². The van der Waals surface area contributed by atoms with E-state index in [1.54, 1.807) is 6.07 Å². The Hall–Kier alpha value is -2.65. The summed E-state index contributed by atoms with van der Waals surface area (Å²) in [5.74, 6) is -1.36. The average molecular weight is 403 g/mol. The van der Waals surface area contributed by atoms with Crippen molar-refractivity contribution in [2.45, 2.75) is 12.8 Å². The van der Waals surface area contributed by atoms with Crippen molar-refractivity contribution in [1.82, 2.24) is 4.98 Å². The van der Waals surface area contributed by atoms with Crippen LogP contribution in [0.25, 0.3) is 0 Å².